The fraction of sp³-hybridized carbons (Fsp3) is 0.483. The number of pyridine rings is 1. The molecule has 0 bridgehead atoms. The van der Waals surface area contributed by atoms with E-state index in [1.54, 1.807) is 6.07 Å². The molecule has 1 aromatic heterocycles. The molecule has 0 saturated carbocycles. The molecule has 2 aromatic rings. The fourth-order valence-electron chi connectivity index (χ4n) is 5.57. The molecule has 5 rings (SSSR count). The molecular weight excluding hydrogens is 443 g/mol. The molecule has 3 aliphatic rings. The minimum absolute atomic E-state index is 0.00417. The van der Waals surface area contributed by atoms with Crippen LogP contribution in [0.25, 0.3) is 16.6 Å². The van der Waals surface area contributed by atoms with Gasteiger partial charge in [-0.1, -0.05) is 34.1 Å². The average molecular weight is 479 g/mol. The monoisotopic (exact) mass is 478 g/mol. The number of aldehydes is 1. The smallest absolute Gasteiger partial charge is 0.313 e. The number of benzene rings is 1. The Kier molecular flexibility index (Phi) is 7.11. The summed E-state index contributed by atoms with van der Waals surface area (Å²) >= 11 is 0. The van der Waals surface area contributed by atoms with Gasteiger partial charge >= 0.3 is 5.97 Å². The highest BCUT2D eigenvalue weighted by Gasteiger charge is 2.35. The lowest BCUT2D eigenvalue weighted by Gasteiger charge is -2.26. The van der Waals surface area contributed by atoms with E-state index in [2.05, 4.69) is 25.7 Å². The number of fused-ring (bicyclic) bond motifs is 2. The number of carbonyl (C=O) groups excluding carboxylic acids is 2. The number of carbonyl (C=O) groups is 2. The summed E-state index contributed by atoms with van der Waals surface area (Å²) in [6.45, 7) is 10.9. The molecule has 5 nitrogen and oxygen atoms in total. The van der Waals surface area contributed by atoms with E-state index in [0.717, 1.165) is 47.0 Å². The first-order valence-corrected chi connectivity index (χ1v) is 12.7. The van der Waals surface area contributed by atoms with Crippen molar-refractivity contribution in [2.24, 2.45) is 5.92 Å². The second-order valence-corrected chi connectivity index (χ2v) is 9.91. The molecule has 0 amide bonds. The van der Waals surface area contributed by atoms with Crippen LogP contribution in [-0.4, -0.2) is 35.8 Å². The first-order valence-electron chi connectivity index (χ1n) is 12.7. The Morgan fingerprint density at radius 3 is 2.63 bits per heavy atom. The minimum Gasteiger partial charge on any atom is -0.460 e. The largest absolute Gasteiger partial charge is 0.460 e. The van der Waals surface area contributed by atoms with Crippen molar-refractivity contribution in [1.82, 2.24) is 9.88 Å². The maximum atomic E-state index is 14.7. The molecular formula is C29H35FN2O3. The summed E-state index contributed by atoms with van der Waals surface area (Å²) in [6, 6.07) is 1.55. The van der Waals surface area contributed by atoms with Gasteiger partial charge in [0.2, 0.25) is 0 Å². The van der Waals surface area contributed by atoms with Gasteiger partial charge in [-0.15, -0.1) is 0 Å². The number of cyclic esters (lactones) is 1. The van der Waals surface area contributed by atoms with Crippen molar-refractivity contribution < 1.29 is 18.7 Å². The second kappa shape index (κ2) is 9.92. The maximum Gasteiger partial charge on any atom is 0.313 e. The number of aryl methyl sites for hydroxylation is 1. The van der Waals surface area contributed by atoms with Gasteiger partial charge in [-0.2, -0.15) is 0 Å². The van der Waals surface area contributed by atoms with Crippen LogP contribution in [0, 0.1) is 18.7 Å². The molecule has 0 radical (unpaired) electrons. The fourth-order valence-corrected chi connectivity index (χ4v) is 5.57. The Morgan fingerprint density at radius 2 is 1.97 bits per heavy atom. The molecule has 0 spiro atoms. The number of rotatable bonds is 3. The summed E-state index contributed by atoms with van der Waals surface area (Å²) in [7, 11) is 1.99. The van der Waals surface area contributed by atoms with Crippen LogP contribution in [0.4, 0.5) is 4.39 Å². The van der Waals surface area contributed by atoms with Crippen molar-refractivity contribution in [2.75, 3.05) is 13.7 Å². The zero-order valence-electron chi connectivity index (χ0n) is 21.6. The molecule has 0 fully saturated rings. The van der Waals surface area contributed by atoms with E-state index in [-0.39, 0.29) is 18.4 Å². The van der Waals surface area contributed by atoms with Crippen molar-refractivity contribution >= 4 is 28.9 Å². The summed E-state index contributed by atoms with van der Waals surface area (Å²) in [4.78, 5) is 31.1. The quantitative estimate of drug-likeness (QED) is 0.399. The topological polar surface area (TPSA) is 59.5 Å². The summed E-state index contributed by atoms with van der Waals surface area (Å²) < 4.78 is 19.9. The van der Waals surface area contributed by atoms with Crippen molar-refractivity contribution in [2.45, 2.75) is 72.8 Å². The molecule has 3 heterocycles. The van der Waals surface area contributed by atoms with Crippen LogP contribution >= 0.6 is 0 Å². The van der Waals surface area contributed by atoms with Crippen LogP contribution in [0.2, 0.25) is 0 Å². The van der Waals surface area contributed by atoms with Crippen LogP contribution in [0.5, 0.6) is 0 Å². The number of hydrogen-bond acceptors (Lipinski definition) is 5. The number of aromatic nitrogens is 1. The first kappa shape index (κ1) is 25.1. The molecule has 2 unspecified atom stereocenters. The molecule has 186 valence electrons. The van der Waals surface area contributed by atoms with E-state index >= 15 is 0 Å². The molecule has 1 aromatic carbocycles. The van der Waals surface area contributed by atoms with Gasteiger partial charge in [-0.3, -0.25) is 9.59 Å². The lowest BCUT2D eigenvalue weighted by molar-refractivity contribution is -0.147. The third-order valence-corrected chi connectivity index (χ3v) is 7.36. The van der Waals surface area contributed by atoms with E-state index in [1.807, 2.05) is 27.0 Å². The van der Waals surface area contributed by atoms with E-state index in [9.17, 15) is 14.0 Å². The number of allylic oxidation sites excluding steroid dienone is 1. The van der Waals surface area contributed by atoms with Crippen LogP contribution < -0.4 is 0 Å². The van der Waals surface area contributed by atoms with Gasteiger partial charge in [0.25, 0.3) is 0 Å². The third kappa shape index (κ3) is 4.17. The number of halogens is 1. The van der Waals surface area contributed by atoms with Crippen LogP contribution in [0.15, 0.2) is 23.3 Å². The van der Waals surface area contributed by atoms with Crippen molar-refractivity contribution in [3.63, 3.8) is 0 Å². The molecule has 2 aliphatic heterocycles. The lowest BCUT2D eigenvalue weighted by Crippen LogP contribution is -2.27. The van der Waals surface area contributed by atoms with Gasteiger partial charge in [0.15, 0.2) is 0 Å². The van der Waals surface area contributed by atoms with Crippen molar-refractivity contribution in [1.29, 1.82) is 0 Å². The van der Waals surface area contributed by atoms with E-state index in [4.69, 9.17) is 9.72 Å². The number of esters is 1. The Morgan fingerprint density at radius 1 is 1.26 bits per heavy atom. The average Bonchev–Trinajstić information content (AvgIpc) is 3.13. The Labute approximate surface area is 207 Å². The Balaban J connectivity index is 0.000000917. The van der Waals surface area contributed by atoms with Gasteiger partial charge in [0.1, 0.15) is 18.7 Å². The minimum atomic E-state index is -0.474. The molecule has 0 saturated heterocycles. The van der Waals surface area contributed by atoms with Crippen LogP contribution in [0.1, 0.15) is 80.8 Å². The molecule has 2 atom stereocenters. The zero-order chi connectivity index (χ0) is 25.4. The number of hydrogen-bond donors (Lipinski definition) is 0. The molecule has 1 aliphatic carbocycles. The molecule has 6 heteroatoms. The van der Waals surface area contributed by atoms with E-state index < -0.39 is 5.92 Å². The van der Waals surface area contributed by atoms with Gasteiger partial charge in [0, 0.05) is 36.2 Å². The standard InChI is InChI=1S/C26H27FN2O3.C3H8/c1-5-16-18(15(11-30)12-32-26(16)31)8-22-25-19(10-29(22)4)23-13(2)6-7-17-14(3)20(27)9-21(28-25)24(17)23;1-3-2/h8-9,11,13,16H,5-7,10,12H2,1-4H3;3H2,1-2H3/b22-8-;. The Hall–Kier alpha value is -3.02. The maximum absolute atomic E-state index is 14.7. The van der Waals surface area contributed by atoms with E-state index in [1.165, 1.54) is 17.5 Å². The predicted molar refractivity (Wildman–Crippen MR) is 136 cm³/mol. The van der Waals surface area contributed by atoms with Gasteiger partial charge in [0.05, 0.1) is 22.8 Å². The Bertz CT molecular complexity index is 1260. The highest BCUT2D eigenvalue weighted by Crippen LogP contribution is 2.45. The summed E-state index contributed by atoms with van der Waals surface area (Å²) in [5.74, 6) is -0.636. The van der Waals surface area contributed by atoms with Crippen LogP contribution in [-0.2, 0) is 27.3 Å². The summed E-state index contributed by atoms with van der Waals surface area (Å²) in [5.41, 5.74) is 7.81. The normalized spacial score (nSPS) is 22.2. The molecule has 35 heavy (non-hydrogen) atoms. The summed E-state index contributed by atoms with van der Waals surface area (Å²) in [6.07, 6.45) is 6.35. The first-order chi connectivity index (χ1) is 16.8. The highest BCUT2D eigenvalue weighted by molar-refractivity contribution is 5.93. The third-order valence-electron chi connectivity index (χ3n) is 7.36. The lowest BCUT2D eigenvalue weighted by atomic mass is 9.79. The summed E-state index contributed by atoms with van der Waals surface area (Å²) in [5, 5.41) is 1.11. The van der Waals surface area contributed by atoms with Crippen molar-refractivity contribution in [3.05, 3.63) is 57.1 Å². The van der Waals surface area contributed by atoms with Crippen LogP contribution in [0.3, 0.4) is 0 Å². The van der Waals surface area contributed by atoms with Gasteiger partial charge in [-0.25, -0.2) is 9.37 Å². The SMILES string of the molecule is CCC.CCC1C(=O)OCC(C=O)=C1/C=C1/c2nc3cc(F)c(C)c4c3c(c2CN1C)C(C)CC4. The highest BCUT2D eigenvalue weighted by atomic mass is 19.1. The number of nitrogens with zero attached hydrogens (tertiary/aromatic N) is 2. The predicted octanol–water partition coefficient (Wildman–Crippen LogP) is 6.01. The number of ether oxygens (including phenoxy) is 1. The van der Waals surface area contributed by atoms with Gasteiger partial charge in [-0.05, 0) is 60.4 Å². The van der Waals surface area contributed by atoms with E-state index in [0.29, 0.717) is 35.5 Å². The molecule has 0 N–H and O–H groups in total. The van der Waals surface area contributed by atoms with Crippen molar-refractivity contribution in [3.8, 4) is 0 Å². The zero-order valence-corrected chi connectivity index (χ0v) is 21.6. The second-order valence-electron chi connectivity index (χ2n) is 9.91. The van der Waals surface area contributed by atoms with Gasteiger partial charge < -0.3 is 9.64 Å².